The lowest BCUT2D eigenvalue weighted by Crippen LogP contribution is -2.33. The van der Waals surface area contributed by atoms with E-state index in [-0.39, 0.29) is 6.04 Å². The van der Waals surface area contributed by atoms with Gasteiger partial charge in [0.15, 0.2) is 5.41 Å². The van der Waals surface area contributed by atoms with E-state index in [0.717, 1.165) is 27.9 Å². The van der Waals surface area contributed by atoms with Gasteiger partial charge in [0.1, 0.15) is 0 Å². The minimum absolute atomic E-state index is 0.221. The largest absolute Gasteiger partial charge is 0.374 e. The van der Waals surface area contributed by atoms with Gasteiger partial charge < -0.3 is 5.32 Å². The quantitative estimate of drug-likeness (QED) is 0.541. The van der Waals surface area contributed by atoms with E-state index in [0.29, 0.717) is 0 Å². The highest BCUT2D eigenvalue weighted by Gasteiger charge is 2.51. The molecule has 1 aliphatic heterocycles. The Morgan fingerprint density at radius 3 is 2.48 bits per heavy atom. The lowest BCUT2D eigenvalue weighted by atomic mass is 9.71. The number of nitrogens with one attached hydrogen (secondary N) is 1. The molecule has 0 fully saturated rings. The molecule has 2 heterocycles. The normalized spacial score (nSPS) is 20.6. The Kier molecular flexibility index (Phi) is 3.45. The minimum atomic E-state index is -0.887. The number of benzene rings is 3. The van der Waals surface area contributed by atoms with Gasteiger partial charge >= 0.3 is 0 Å². The zero-order valence-electron chi connectivity index (χ0n) is 14.6. The van der Waals surface area contributed by atoms with Crippen LogP contribution in [0.3, 0.4) is 0 Å². The maximum Gasteiger partial charge on any atom is 0.150 e. The Bertz CT molecular complexity index is 1170. The highest BCUT2D eigenvalue weighted by molar-refractivity contribution is 5.87. The van der Waals surface area contributed by atoms with Gasteiger partial charge in [0.2, 0.25) is 0 Å². The molecule has 0 bridgehead atoms. The van der Waals surface area contributed by atoms with Crippen LogP contribution in [0.1, 0.15) is 22.9 Å². The van der Waals surface area contributed by atoms with Crippen LogP contribution in [-0.4, -0.2) is 4.98 Å². The minimum Gasteiger partial charge on any atom is -0.374 e. The summed E-state index contributed by atoms with van der Waals surface area (Å²) in [4.78, 5) is 4.63. The fourth-order valence-corrected chi connectivity index (χ4v) is 4.24. The molecule has 1 aromatic heterocycles. The third-order valence-corrected chi connectivity index (χ3v) is 5.45. The molecule has 4 aromatic rings. The molecular weight excluding hydrogens is 330 g/mol. The van der Waals surface area contributed by atoms with Gasteiger partial charge in [0, 0.05) is 6.20 Å². The molecule has 27 heavy (non-hydrogen) atoms. The second-order valence-corrected chi connectivity index (χ2v) is 6.83. The van der Waals surface area contributed by atoms with E-state index < -0.39 is 5.41 Å². The van der Waals surface area contributed by atoms with Crippen molar-refractivity contribution in [3.05, 3.63) is 108 Å². The van der Waals surface area contributed by atoms with Crippen LogP contribution < -0.4 is 5.32 Å². The predicted octanol–water partition coefficient (Wildman–Crippen LogP) is 5.21. The second kappa shape index (κ2) is 5.96. The summed E-state index contributed by atoms with van der Waals surface area (Å²) >= 11 is 0. The van der Waals surface area contributed by atoms with Crippen molar-refractivity contribution in [2.24, 2.45) is 0 Å². The molecule has 0 aliphatic carbocycles. The van der Waals surface area contributed by atoms with Crippen molar-refractivity contribution in [3.8, 4) is 6.07 Å². The first-order valence-corrected chi connectivity index (χ1v) is 9.01. The fraction of sp³-hybridized carbons (Fsp3) is 0.0833. The van der Waals surface area contributed by atoms with Crippen LogP contribution >= 0.6 is 0 Å². The van der Waals surface area contributed by atoms with Crippen LogP contribution in [0, 0.1) is 11.3 Å². The molecule has 3 nitrogen and oxygen atoms in total. The lowest BCUT2D eigenvalue weighted by molar-refractivity contribution is 0.577. The van der Waals surface area contributed by atoms with Crippen LogP contribution in [0.2, 0.25) is 0 Å². The number of rotatable bonds is 2. The van der Waals surface area contributed by atoms with Gasteiger partial charge in [-0.1, -0.05) is 72.8 Å². The first kappa shape index (κ1) is 15.6. The molecule has 1 aliphatic rings. The summed E-state index contributed by atoms with van der Waals surface area (Å²) in [7, 11) is 0. The molecule has 3 aromatic carbocycles. The summed E-state index contributed by atoms with van der Waals surface area (Å²) in [5, 5.41) is 16.4. The number of hydrogen-bond donors (Lipinski definition) is 1. The second-order valence-electron chi connectivity index (χ2n) is 6.83. The van der Waals surface area contributed by atoms with Crippen molar-refractivity contribution >= 4 is 16.5 Å². The van der Waals surface area contributed by atoms with Crippen LogP contribution in [0.5, 0.6) is 0 Å². The van der Waals surface area contributed by atoms with Crippen molar-refractivity contribution in [1.29, 1.82) is 5.26 Å². The van der Waals surface area contributed by atoms with E-state index in [1.165, 1.54) is 5.39 Å². The summed E-state index contributed by atoms with van der Waals surface area (Å²) in [6.07, 6.45) is 1.76. The number of aromatic nitrogens is 1. The first-order chi connectivity index (χ1) is 13.3. The highest BCUT2D eigenvalue weighted by Crippen LogP contribution is 2.52. The van der Waals surface area contributed by atoms with Crippen LogP contribution in [0.4, 0.5) is 5.69 Å². The van der Waals surface area contributed by atoms with Crippen molar-refractivity contribution in [2.75, 3.05) is 5.32 Å². The van der Waals surface area contributed by atoms with E-state index in [2.05, 4.69) is 46.7 Å². The molecule has 0 saturated heterocycles. The van der Waals surface area contributed by atoms with Gasteiger partial charge in [-0.05, 0) is 34.0 Å². The molecule has 0 spiro atoms. The molecule has 1 N–H and O–H groups in total. The van der Waals surface area contributed by atoms with Gasteiger partial charge in [-0.15, -0.1) is 0 Å². The molecule has 0 amide bonds. The maximum absolute atomic E-state index is 10.5. The number of fused-ring (bicyclic) bond motifs is 2. The van der Waals surface area contributed by atoms with E-state index in [9.17, 15) is 5.26 Å². The average molecular weight is 347 g/mol. The fourth-order valence-electron chi connectivity index (χ4n) is 4.24. The molecular formula is C24H17N3. The van der Waals surface area contributed by atoms with Gasteiger partial charge in [-0.25, -0.2) is 0 Å². The molecule has 3 heteroatoms. The summed E-state index contributed by atoms with van der Waals surface area (Å²) in [6, 6.07) is 30.9. The van der Waals surface area contributed by atoms with Crippen molar-refractivity contribution < 1.29 is 0 Å². The first-order valence-electron chi connectivity index (χ1n) is 9.01. The summed E-state index contributed by atoms with van der Waals surface area (Å²) in [5.41, 5.74) is 2.88. The summed E-state index contributed by atoms with van der Waals surface area (Å²) in [5.74, 6) is 0. The summed E-state index contributed by atoms with van der Waals surface area (Å²) in [6.45, 7) is 0. The molecule has 2 atom stereocenters. The summed E-state index contributed by atoms with van der Waals surface area (Å²) < 4.78 is 0. The van der Waals surface area contributed by atoms with Crippen LogP contribution in [-0.2, 0) is 5.41 Å². The number of nitrogens with zero attached hydrogens (tertiary/aromatic N) is 2. The Morgan fingerprint density at radius 1 is 0.852 bits per heavy atom. The third-order valence-electron chi connectivity index (χ3n) is 5.45. The smallest absolute Gasteiger partial charge is 0.150 e. The van der Waals surface area contributed by atoms with Crippen molar-refractivity contribution in [1.82, 2.24) is 4.98 Å². The number of hydrogen-bond acceptors (Lipinski definition) is 3. The standard InChI is InChI=1S/C24H17N3/c25-16-24(18-10-2-1-3-11-18)22(27-21-14-7-15-26-23(21)24)20-13-6-9-17-8-4-5-12-19(17)20/h1-15,22,27H/t22-,24-/m1/s1. The molecule has 0 unspecified atom stereocenters. The van der Waals surface area contributed by atoms with Gasteiger partial charge in [-0.3, -0.25) is 4.98 Å². The number of pyridine rings is 1. The Balaban J connectivity index is 1.83. The number of nitriles is 1. The van der Waals surface area contributed by atoms with E-state index in [1.54, 1.807) is 6.20 Å². The Labute approximate surface area is 157 Å². The molecule has 0 saturated carbocycles. The SMILES string of the molecule is N#C[C@]1(c2ccccc2)c2ncccc2N[C@@H]1c1cccc2ccccc12. The predicted molar refractivity (Wildman–Crippen MR) is 107 cm³/mol. The lowest BCUT2D eigenvalue weighted by Gasteiger charge is -2.30. The van der Waals surface area contributed by atoms with Crippen LogP contribution in [0.25, 0.3) is 10.8 Å². The van der Waals surface area contributed by atoms with E-state index in [4.69, 9.17) is 0 Å². The third kappa shape index (κ3) is 2.17. The monoisotopic (exact) mass is 347 g/mol. The topological polar surface area (TPSA) is 48.7 Å². The molecule has 5 rings (SSSR count). The Hall–Kier alpha value is -3.64. The molecule has 0 radical (unpaired) electrons. The van der Waals surface area contributed by atoms with Gasteiger partial charge in [-0.2, -0.15) is 5.26 Å². The van der Waals surface area contributed by atoms with E-state index in [1.807, 2.05) is 54.6 Å². The maximum atomic E-state index is 10.5. The number of anilines is 1. The van der Waals surface area contributed by atoms with Crippen molar-refractivity contribution in [3.63, 3.8) is 0 Å². The molecule has 128 valence electrons. The highest BCUT2D eigenvalue weighted by atomic mass is 15.0. The van der Waals surface area contributed by atoms with Gasteiger partial charge in [0.05, 0.1) is 23.5 Å². The average Bonchev–Trinajstić information content (AvgIpc) is 3.09. The van der Waals surface area contributed by atoms with Gasteiger partial charge in [0.25, 0.3) is 0 Å². The zero-order valence-corrected chi connectivity index (χ0v) is 14.6. The van der Waals surface area contributed by atoms with Crippen LogP contribution in [0.15, 0.2) is 91.1 Å². The zero-order chi connectivity index (χ0) is 18.3. The van der Waals surface area contributed by atoms with Crippen molar-refractivity contribution in [2.45, 2.75) is 11.5 Å². The van der Waals surface area contributed by atoms with E-state index >= 15 is 0 Å². The Morgan fingerprint density at radius 2 is 1.63 bits per heavy atom.